The number of carbonyl (C=O) groups is 2. The summed E-state index contributed by atoms with van der Waals surface area (Å²) in [5.74, 6) is -0.513. The molecule has 2 aromatic carbocycles. The molecule has 0 radical (unpaired) electrons. The monoisotopic (exact) mass is 386 g/mol. The lowest BCUT2D eigenvalue weighted by atomic mass is 9.97. The Morgan fingerprint density at radius 2 is 1.50 bits per heavy atom. The van der Waals surface area contributed by atoms with Gasteiger partial charge in [0.25, 0.3) is 0 Å². The van der Waals surface area contributed by atoms with Gasteiger partial charge >= 0.3 is 0 Å². The molecule has 1 heterocycles. The van der Waals surface area contributed by atoms with E-state index in [0.717, 1.165) is 24.0 Å². The molecule has 148 valence electrons. The van der Waals surface area contributed by atoms with Crippen molar-refractivity contribution in [2.24, 2.45) is 5.92 Å². The number of likely N-dealkylation sites (tertiary alicyclic amines) is 1. The summed E-state index contributed by atoms with van der Waals surface area (Å²) in [7, 11) is 0. The number of nitrogens with one attached hydrogen (secondary N) is 1. The standard InChI is InChI=1S/C22H24F2N2O2/c23-19-7-3-16(4-8-19)12-21(27)25-14-18-2-1-11-26(15-18)22(28)13-17-5-9-20(24)10-6-17/h3-10,18H,1-2,11-15H2,(H,25,27)/t18-/m0/s1. The van der Waals surface area contributed by atoms with E-state index in [1.54, 1.807) is 24.3 Å². The third-order valence-corrected chi connectivity index (χ3v) is 5.01. The zero-order chi connectivity index (χ0) is 19.9. The van der Waals surface area contributed by atoms with Gasteiger partial charge in [-0.2, -0.15) is 0 Å². The van der Waals surface area contributed by atoms with Gasteiger partial charge in [-0.15, -0.1) is 0 Å². The van der Waals surface area contributed by atoms with E-state index in [0.29, 0.717) is 19.6 Å². The molecule has 2 aromatic rings. The molecule has 28 heavy (non-hydrogen) atoms. The average molecular weight is 386 g/mol. The minimum Gasteiger partial charge on any atom is -0.355 e. The van der Waals surface area contributed by atoms with Crippen LogP contribution in [0.2, 0.25) is 0 Å². The van der Waals surface area contributed by atoms with Crippen molar-refractivity contribution in [1.82, 2.24) is 10.2 Å². The SMILES string of the molecule is O=C(Cc1ccc(F)cc1)NC[C@@H]1CCCN(C(=O)Cc2ccc(F)cc2)C1. The van der Waals surface area contributed by atoms with Gasteiger partial charge in [0.1, 0.15) is 11.6 Å². The molecule has 2 amide bonds. The number of hydrogen-bond donors (Lipinski definition) is 1. The van der Waals surface area contributed by atoms with Gasteiger partial charge in [0.2, 0.25) is 11.8 Å². The van der Waals surface area contributed by atoms with Gasteiger partial charge in [-0.3, -0.25) is 9.59 Å². The van der Waals surface area contributed by atoms with E-state index in [9.17, 15) is 18.4 Å². The Hall–Kier alpha value is -2.76. The van der Waals surface area contributed by atoms with E-state index >= 15 is 0 Å². The number of rotatable bonds is 6. The van der Waals surface area contributed by atoms with Crippen molar-refractivity contribution in [2.75, 3.05) is 19.6 Å². The van der Waals surface area contributed by atoms with Gasteiger partial charge in [0, 0.05) is 19.6 Å². The second-order valence-electron chi connectivity index (χ2n) is 7.26. The van der Waals surface area contributed by atoms with E-state index in [1.165, 1.54) is 24.3 Å². The molecule has 0 saturated carbocycles. The van der Waals surface area contributed by atoms with Gasteiger partial charge in [-0.1, -0.05) is 24.3 Å². The third-order valence-electron chi connectivity index (χ3n) is 5.01. The molecule has 3 rings (SSSR count). The Morgan fingerprint density at radius 3 is 2.11 bits per heavy atom. The van der Waals surface area contributed by atoms with E-state index < -0.39 is 0 Å². The summed E-state index contributed by atoms with van der Waals surface area (Å²) in [6.45, 7) is 1.83. The van der Waals surface area contributed by atoms with Crippen molar-refractivity contribution in [1.29, 1.82) is 0 Å². The van der Waals surface area contributed by atoms with Gasteiger partial charge in [-0.05, 0) is 54.2 Å². The third kappa shape index (κ3) is 5.87. The minimum absolute atomic E-state index is 0.0222. The van der Waals surface area contributed by atoms with Crippen LogP contribution in [0.3, 0.4) is 0 Å². The van der Waals surface area contributed by atoms with Crippen LogP contribution in [0.4, 0.5) is 8.78 Å². The maximum Gasteiger partial charge on any atom is 0.226 e. The molecule has 4 nitrogen and oxygen atoms in total. The maximum atomic E-state index is 13.0. The fourth-order valence-electron chi connectivity index (χ4n) is 3.46. The number of halogens is 2. The molecule has 0 aromatic heterocycles. The van der Waals surface area contributed by atoms with Gasteiger partial charge < -0.3 is 10.2 Å². The van der Waals surface area contributed by atoms with E-state index in [1.807, 2.05) is 4.90 Å². The molecule has 0 aliphatic carbocycles. The predicted molar refractivity (Wildman–Crippen MR) is 103 cm³/mol. The highest BCUT2D eigenvalue weighted by Gasteiger charge is 2.24. The van der Waals surface area contributed by atoms with Gasteiger partial charge in [0.05, 0.1) is 12.8 Å². The summed E-state index contributed by atoms with van der Waals surface area (Å²) in [4.78, 5) is 26.5. The second kappa shape index (κ2) is 9.44. The highest BCUT2D eigenvalue weighted by Crippen LogP contribution is 2.17. The van der Waals surface area contributed by atoms with Crippen LogP contribution in [0.5, 0.6) is 0 Å². The Bertz CT molecular complexity index is 806. The van der Waals surface area contributed by atoms with Crippen LogP contribution >= 0.6 is 0 Å². The van der Waals surface area contributed by atoms with E-state index in [-0.39, 0.29) is 42.2 Å². The Kier molecular flexibility index (Phi) is 6.74. The van der Waals surface area contributed by atoms with Crippen LogP contribution in [0, 0.1) is 17.6 Å². The molecule has 0 bridgehead atoms. The quantitative estimate of drug-likeness (QED) is 0.829. The van der Waals surface area contributed by atoms with Crippen LogP contribution < -0.4 is 5.32 Å². The topological polar surface area (TPSA) is 49.4 Å². The number of amides is 2. The first-order valence-electron chi connectivity index (χ1n) is 9.53. The fourth-order valence-corrected chi connectivity index (χ4v) is 3.46. The highest BCUT2D eigenvalue weighted by atomic mass is 19.1. The number of hydrogen-bond acceptors (Lipinski definition) is 2. The zero-order valence-electron chi connectivity index (χ0n) is 15.7. The Balaban J connectivity index is 1.45. The van der Waals surface area contributed by atoms with E-state index in [4.69, 9.17) is 0 Å². The first kappa shape index (κ1) is 20.0. The van der Waals surface area contributed by atoms with Crippen molar-refractivity contribution >= 4 is 11.8 Å². The lowest BCUT2D eigenvalue weighted by Gasteiger charge is -2.33. The van der Waals surface area contributed by atoms with Crippen LogP contribution in [0.15, 0.2) is 48.5 Å². The largest absolute Gasteiger partial charge is 0.355 e. The summed E-state index contributed by atoms with van der Waals surface area (Å²) >= 11 is 0. The number of nitrogens with zero attached hydrogens (tertiary/aromatic N) is 1. The zero-order valence-corrected chi connectivity index (χ0v) is 15.7. The average Bonchev–Trinajstić information content (AvgIpc) is 2.70. The van der Waals surface area contributed by atoms with Crippen LogP contribution in [-0.4, -0.2) is 36.3 Å². The molecule has 1 aliphatic rings. The molecular weight excluding hydrogens is 362 g/mol. The fraction of sp³-hybridized carbons (Fsp3) is 0.364. The molecular formula is C22H24F2N2O2. The minimum atomic E-state index is -0.322. The van der Waals surface area contributed by atoms with Crippen molar-refractivity contribution in [3.63, 3.8) is 0 Å². The van der Waals surface area contributed by atoms with Crippen LogP contribution in [-0.2, 0) is 22.4 Å². The molecule has 0 unspecified atom stereocenters. The van der Waals surface area contributed by atoms with E-state index in [2.05, 4.69) is 5.32 Å². The molecule has 6 heteroatoms. The first-order chi connectivity index (χ1) is 13.5. The molecule has 1 atom stereocenters. The molecule has 1 fully saturated rings. The van der Waals surface area contributed by atoms with Crippen molar-refractivity contribution in [3.05, 3.63) is 71.3 Å². The summed E-state index contributed by atoms with van der Waals surface area (Å²) in [6.07, 6.45) is 2.31. The summed E-state index contributed by atoms with van der Waals surface area (Å²) in [6, 6.07) is 11.9. The van der Waals surface area contributed by atoms with Crippen LogP contribution in [0.1, 0.15) is 24.0 Å². The maximum absolute atomic E-state index is 13.0. The molecule has 1 N–H and O–H groups in total. The number of carbonyl (C=O) groups excluding carboxylic acids is 2. The summed E-state index contributed by atoms with van der Waals surface area (Å²) in [5, 5.41) is 2.92. The van der Waals surface area contributed by atoms with Crippen molar-refractivity contribution in [2.45, 2.75) is 25.7 Å². The molecule has 1 saturated heterocycles. The summed E-state index contributed by atoms with van der Waals surface area (Å²) < 4.78 is 25.9. The molecule has 1 aliphatic heterocycles. The lowest BCUT2D eigenvalue weighted by molar-refractivity contribution is -0.132. The second-order valence-corrected chi connectivity index (χ2v) is 7.26. The van der Waals surface area contributed by atoms with Crippen molar-refractivity contribution < 1.29 is 18.4 Å². The summed E-state index contributed by atoms with van der Waals surface area (Å²) in [5.41, 5.74) is 1.56. The highest BCUT2D eigenvalue weighted by molar-refractivity contribution is 5.79. The van der Waals surface area contributed by atoms with Gasteiger partial charge in [0.15, 0.2) is 0 Å². The number of benzene rings is 2. The van der Waals surface area contributed by atoms with Crippen molar-refractivity contribution in [3.8, 4) is 0 Å². The predicted octanol–water partition coefficient (Wildman–Crippen LogP) is 3.10. The Morgan fingerprint density at radius 1 is 0.929 bits per heavy atom. The van der Waals surface area contributed by atoms with Crippen LogP contribution in [0.25, 0.3) is 0 Å². The smallest absolute Gasteiger partial charge is 0.226 e. The normalized spacial score (nSPS) is 16.6. The molecule has 0 spiro atoms. The first-order valence-corrected chi connectivity index (χ1v) is 9.53. The Labute approximate surface area is 163 Å². The lowest BCUT2D eigenvalue weighted by Crippen LogP contribution is -2.44. The number of piperidine rings is 1. The van der Waals surface area contributed by atoms with Gasteiger partial charge in [-0.25, -0.2) is 8.78 Å².